The summed E-state index contributed by atoms with van der Waals surface area (Å²) >= 11 is 12.3. The van der Waals surface area contributed by atoms with Crippen LogP contribution in [0, 0.1) is 27.9 Å². The van der Waals surface area contributed by atoms with Crippen molar-refractivity contribution < 1.29 is 28.8 Å². The van der Waals surface area contributed by atoms with Gasteiger partial charge in [0, 0.05) is 22.7 Å². The van der Waals surface area contributed by atoms with Crippen molar-refractivity contribution in [1.29, 1.82) is 0 Å². The third-order valence-corrected chi connectivity index (χ3v) is 8.10. The Morgan fingerprint density at radius 3 is 2.19 bits per heavy atom. The standard InChI is InChI=1S/C30H25Cl2N3O7/c1-17-2-12-23-25(14-17)30(39)34(29(23)38)33(28(37)24-13-5-19(31)15-26(24)32)16-27(36)18-3-8-21(9-4-18)42-22-10-6-20(7-11-22)35(40)41/h3-11,13,15,17,23,25H,2,12,14,16H2,1H3/t17-,23-,25-/m1/s1. The fraction of sp³-hybridized carbons (Fsp3) is 0.267. The number of benzene rings is 3. The van der Waals surface area contributed by atoms with E-state index in [4.69, 9.17) is 27.9 Å². The van der Waals surface area contributed by atoms with Crippen molar-refractivity contribution in [2.45, 2.75) is 26.2 Å². The van der Waals surface area contributed by atoms with Crippen LogP contribution in [0.3, 0.4) is 0 Å². The number of ketones is 1. The van der Waals surface area contributed by atoms with Gasteiger partial charge >= 0.3 is 0 Å². The van der Waals surface area contributed by atoms with E-state index in [0.29, 0.717) is 29.4 Å². The molecule has 2 fully saturated rings. The van der Waals surface area contributed by atoms with Crippen LogP contribution < -0.4 is 4.74 Å². The minimum absolute atomic E-state index is 0.00967. The maximum Gasteiger partial charge on any atom is 0.274 e. The Bertz CT molecular complexity index is 1580. The Kier molecular flexibility index (Phi) is 8.29. The van der Waals surface area contributed by atoms with Gasteiger partial charge in [-0.25, -0.2) is 5.01 Å². The molecule has 0 unspecified atom stereocenters. The molecule has 0 radical (unpaired) electrons. The van der Waals surface area contributed by atoms with E-state index < -0.39 is 46.8 Å². The summed E-state index contributed by atoms with van der Waals surface area (Å²) in [4.78, 5) is 64.5. The van der Waals surface area contributed by atoms with Crippen molar-refractivity contribution in [1.82, 2.24) is 10.0 Å². The first kappa shape index (κ1) is 29.2. The average molecular weight is 610 g/mol. The number of carbonyl (C=O) groups is 4. The highest BCUT2D eigenvalue weighted by Crippen LogP contribution is 2.41. The molecule has 1 aliphatic heterocycles. The normalized spacial score (nSPS) is 19.8. The largest absolute Gasteiger partial charge is 0.457 e. The lowest BCUT2D eigenvalue weighted by molar-refractivity contribution is -0.384. The smallest absolute Gasteiger partial charge is 0.274 e. The number of Topliss-reactive ketones (excluding diaryl/α,β-unsaturated/α-hetero) is 1. The van der Waals surface area contributed by atoms with E-state index in [1.54, 1.807) is 0 Å². The number of amides is 3. The van der Waals surface area contributed by atoms with Crippen LogP contribution in [0.5, 0.6) is 11.5 Å². The van der Waals surface area contributed by atoms with E-state index in [1.807, 2.05) is 6.92 Å². The lowest BCUT2D eigenvalue weighted by Gasteiger charge is -2.30. The topological polar surface area (TPSA) is 127 Å². The molecule has 0 bridgehead atoms. The van der Waals surface area contributed by atoms with Crippen LogP contribution in [0.15, 0.2) is 66.7 Å². The second kappa shape index (κ2) is 11.9. The zero-order valence-electron chi connectivity index (χ0n) is 22.4. The molecule has 1 saturated carbocycles. The van der Waals surface area contributed by atoms with Crippen molar-refractivity contribution in [2.24, 2.45) is 17.8 Å². The molecule has 42 heavy (non-hydrogen) atoms. The Hall–Kier alpha value is -4.28. The lowest BCUT2D eigenvalue weighted by Crippen LogP contribution is -2.52. The number of imide groups is 1. The Morgan fingerprint density at radius 2 is 1.57 bits per heavy atom. The quantitative estimate of drug-likeness (QED) is 0.126. The van der Waals surface area contributed by atoms with Gasteiger partial charge in [0.25, 0.3) is 23.4 Å². The van der Waals surface area contributed by atoms with Crippen molar-refractivity contribution in [3.63, 3.8) is 0 Å². The number of nitro groups is 1. The minimum Gasteiger partial charge on any atom is -0.457 e. The number of carbonyl (C=O) groups excluding carboxylic acids is 4. The van der Waals surface area contributed by atoms with E-state index in [-0.39, 0.29) is 27.8 Å². The number of halogens is 2. The number of nitro benzene ring substituents is 1. The summed E-state index contributed by atoms with van der Waals surface area (Å²) in [6, 6.07) is 15.7. The van der Waals surface area contributed by atoms with Crippen LogP contribution in [0.4, 0.5) is 5.69 Å². The number of hydrogen-bond donors (Lipinski definition) is 0. The van der Waals surface area contributed by atoms with Crippen LogP contribution in [-0.2, 0) is 9.59 Å². The van der Waals surface area contributed by atoms with Crippen molar-refractivity contribution in [3.8, 4) is 11.5 Å². The van der Waals surface area contributed by atoms with Gasteiger partial charge in [0.05, 0.1) is 27.3 Å². The van der Waals surface area contributed by atoms with Gasteiger partial charge in [0.1, 0.15) is 18.0 Å². The summed E-state index contributed by atoms with van der Waals surface area (Å²) in [7, 11) is 0. The van der Waals surface area contributed by atoms with Gasteiger partial charge in [0.2, 0.25) is 0 Å². The van der Waals surface area contributed by atoms with Gasteiger partial charge < -0.3 is 4.74 Å². The first-order valence-electron chi connectivity index (χ1n) is 13.2. The van der Waals surface area contributed by atoms with Crippen molar-refractivity contribution >= 4 is 52.4 Å². The number of fused-ring (bicyclic) bond motifs is 1. The molecule has 12 heteroatoms. The molecule has 0 N–H and O–H groups in total. The van der Waals surface area contributed by atoms with E-state index in [2.05, 4.69) is 0 Å². The van der Waals surface area contributed by atoms with E-state index in [9.17, 15) is 29.3 Å². The summed E-state index contributed by atoms with van der Waals surface area (Å²) in [5, 5.41) is 12.9. The van der Waals surface area contributed by atoms with Gasteiger partial charge in [-0.15, -0.1) is 0 Å². The SMILES string of the molecule is C[C@@H]1CC[C@H]2C(=O)N(N(CC(=O)c3ccc(Oc4ccc([N+](=O)[O-])cc4)cc3)C(=O)c3ccc(Cl)cc3Cl)C(=O)[C@@H]2C1. The molecule has 0 spiro atoms. The predicted molar refractivity (Wildman–Crippen MR) is 153 cm³/mol. The number of rotatable bonds is 8. The summed E-state index contributed by atoms with van der Waals surface area (Å²) < 4.78 is 5.70. The predicted octanol–water partition coefficient (Wildman–Crippen LogP) is 6.36. The first-order valence-corrected chi connectivity index (χ1v) is 14.0. The third kappa shape index (κ3) is 5.86. The molecule has 2 aliphatic rings. The van der Waals surface area contributed by atoms with Crippen LogP contribution in [-0.4, -0.2) is 45.0 Å². The van der Waals surface area contributed by atoms with Crippen molar-refractivity contribution in [3.05, 3.63) is 98.0 Å². The van der Waals surface area contributed by atoms with Crippen molar-refractivity contribution in [2.75, 3.05) is 6.54 Å². The monoisotopic (exact) mass is 609 g/mol. The van der Waals surface area contributed by atoms with Gasteiger partial charge in [-0.1, -0.05) is 30.1 Å². The molecular formula is C30H25Cl2N3O7. The van der Waals surface area contributed by atoms with Gasteiger partial charge in [0.15, 0.2) is 5.78 Å². The molecule has 1 saturated heterocycles. The molecule has 3 aromatic rings. The average Bonchev–Trinajstić information content (AvgIpc) is 3.20. The zero-order valence-corrected chi connectivity index (χ0v) is 23.9. The minimum atomic E-state index is -0.781. The molecule has 3 aromatic carbocycles. The number of hydrogen-bond acceptors (Lipinski definition) is 7. The maximum absolute atomic E-state index is 13.8. The number of hydrazine groups is 1. The van der Waals surface area contributed by atoms with E-state index in [0.717, 1.165) is 16.4 Å². The second-order valence-corrected chi connectivity index (χ2v) is 11.3. The Labute approximate surface area is 250 Å². The van der Waals surface area contributed by atoms with Crippen LogP contribution in [0.2, 0.25) is 10.0 Å². The fourth-order valence-corrected chi connectivity index (χ4v) is 5.84. The summed E-state index contributed by atoms with van der Waals surface area (Å²) in [5.41, 5.74) is 0.117. The fourth-order valence-electron chi connectivity index (χ4n) is 5.35. The molecule has 1 aliphatic carbocycles. The summed E-state index contributed by atoms with van der Waals surface area (Å²) in [6.07, 6.45) is 1.85. The van der Waals surface area contributed by atoms with E-state index >= 15 is 0 Å². The second-order valence-electron chi connectivity index (χ2n) is 10.4. The highest BCUT2D eigenvalue weighted by Gasteiger charge is 2.53. The molecule has 3 atom stereocenters. The first-order chi connectivity index (χ1) is 20.0. The number of ether oxygens (including phenoxy) is 1. The van der Waals surface area contributed by atoms with Crippen LogP contribution in [0.25, 0.3) is 0 Å². The Morgan fingerprint density at radius 1 is 0.952 bits per heavy atom. The van der Waals surface area contributed by atoms with Gasteiger partial charge in [-0.05, 0) is 79.8 Å². The van der Waals surface area contributed by atoms with Gasteiger partial charge in [-0.2, -0.15) is 5.01 Å². The van der Waals surface area contributed by atoms with Gasteiger partial charge in [-0.3, -0.25) is 29.3 Å². The van der Waals surface area contributed by atoms with Crippen LogP contribution in [0.1, 0.15) is 46.9 Å². The Balaban J connectivity index is 1.39. The molecule has 3 amide bonds. The third-order valence-electron chi connectivity index (χ3n) is 7.55. The van der Waals surface area contributed by atoms with E-state index in [1.165, 1.54) is 66.7 Å². The highest BCUT2D eigenvalue weighted by atomic mass is 35.5. The number of non-ortho nitro benzene ring substituents is 1. The highest BCUT2D eigenvalue weighted by molar-refractivity contribution is 6.36. The summed E-state index contributed by atoms with van der Waals surface area (Å²) in [5.74, 6) is -2.44. The molecule has 1 heterocycles. The lowest BCUT2D eigenvalue weighted by atomic mass is 9.76. The molecule has 0 aromatic heterocycles. The molecule has 5 rings (SSSR count). The molecular weight excluding hydrogens is 585 g/mol. The number of nitrogens with zero attached hydrogens (tertiary/aromatic N) is 3. The maximum atomic E-state index is 13.8. The summed E-state index contributed by atoms with van der Waals surface area (Å²) in [6.45, 7) is 1.43. The van der Waals surface area contributed by atoms with Crippen LogP contribution >= 0.6 is 23.2 Å². The molecule has 216 valence electrons. The molecule has 10 nitrogen and oxygen atoms in total. The zero-order chi connectivity index (χ0) is 30.1.